The van der Waals surface area contributed by atoms with Crippen LogP contribution in [0, 0.1) is 6.92 Å². The summed E-state index contributed by atoms with van der Waals surface area (Å²) in [6.45, 7) is 4.00. The molecule has 11 heteroatoms. The molecule has 1 amide bonds. The molecule has 3 aromatic heterocycles. The van der Waals surface area contributed by atoms with Gasteiger partial charge in [-0.25, -0.2) is 9.78 Å². The Morgan fingerprint density at radius 1 is 1.19 bits per heavy atom. The molecule has 37 heavy (non-hydrogen) atoms. The first-order valence-corrected chi connectivity index (χ1v) is 13.6. The lowest BCUT2D eigenvalue weighted by Gasteiger charge is -2.32. The van der Waals surface area contributed by atoms with Crippen LogP contribution >= 0.6 is 22.9 Å². The van der Waals surface area contributed by atoms with Crippen molar-refractivity contribution in [3.05, 3.63) is 57.4 Å². The quantitative estimate of drug-likeness (QED) is 0.346. The number of aromatic nitrogens is 3. The number of likely N-dealkylation sites (tertiary alicyclic amines) is 1. The molecular formula is C26H26ClN5O4S. The number of carboxylic acids is 1. The summed E-state index contributed by atoms with van der Waals surface area (Å²) in [5.74, 6) is -0.730. The Kier molecular flexibility index (Phi) is 6.26. The first-order chi connectivity index (χ1) is 17.9. The molecule has 1 aliphatic heterocycles. The molecule has 0 unspecified atom stereocenters. The first-order valence-electron chi connectivity index (χ1n) is 12.4. The Labute approximate surface area is 222 Å². The van der Waals surface area contributed by atoms with Crippen LogP contribution in [0.5, 0.6) is 0 Å². The number of halogens is 1. The smallest absolute Gasteiger partial charge is 0.337 e. The van der Waals surface area contributed by atoms with Crippen molar-refractivity contribution in [2.45, 2.75) is 51.2 Å². The number of piperidine rings is 1. The summed E-state index contributed by atoms with van der Waals surface area (Å²) in [5.41, 5.74) is 2.39. The largest absolute Gasteiger partial charge is 0.478 e. The second-order valence-corrected chi connectivity index (χ2v) is 11.5. The van der Waals surface area contributed by atoms with E-state index in [2.05, 4.69) is 20.4 Å². The van der Waals surface area contributed by atoms with Crippen molar-refractivity contribution in [1.82, 2.24) is 24.9 Å². The Bertz CT molecular complexity index is 1500. The fourth-order valence-corrected chi connectivity index (χ4v) is 6.11. The molecule has 1 aromatic carbocycles. The summed E-state index contributed by atoms with van der Waals surface area (Å²) in [4.78, 5) is 33.4. The average molecular weight is 540 g/mol. The Morgan fingerprint density at radius 3 is 2.65 bits per heavy atom. The Balaban J connectivity index is 1.33. The van der Waals surface area contributed by atoms with Gasteiger partial charge < -0.3 is 24.4 Å². The number of carboxylic acid groups (broad SMARTS) is 1. The molecule has 0 atom stereocenters. The van der Waals surface area contributed by atoms with Crippen molar-refractivity contribution in [1.29, 1.82) is 0 Å². The number of rotatable bonds is 7. The molecule has 0 bridgehead atoms. The van der Waals surface area contributed by atoms with Gasteiger partial charge in [0.25, 0.3) is 5.91 Å². The molecule has 192 valence electrons. The minimum absolute atomic E-state index is 0.0521. The number of thiophene rings is 1. The van der Waals surface area contributed by atoms with Crippen LogP contribution in [0.4, 0.5) is 0 Å². The SMILES string of the molecule is Cc1ccc(C(=O)O)c2nc(C(=O)NC3CCN(C4CC4)CC3)n(Cc3cc(-c4ccc(Cl)s4)no3)c12. The zero-order chi connectivity index (χ0) is 25.7. The number of carbonyl (C=O) groups excluding carboxylic acids is 1. The van der Waals surface area contributed by atoms with E-state index in [1.807, 2.05) is 13.0 Å². The van der Waals surface area contributed by atoms with Crippen molar-refractivity contribution in [3.63, 3.8) is 0 Å². The highest BCUT2D eigenvalue weighted by atomic mass is 35.5. The molecule has 0 spiro atoms. The fourth-order valence-electron chi connectivity index (χ4n) is 5.12. The standard InChI is InChI=1S/C26H26ClN5O4S/c1-14-2-5-18(26(34)35)22-23(14)32(13-17-12-19(30-36-17)20-6-7-21(27)37-20)24(29-22)25(33)28-15-8-10-31(11-9-15)16-3-4-16/h2,5-7,12,15-16H,3-4,8-11,13H2,1H3,(H,28,33)(H,34,35). The zero-order valence-electron chi connectivity index (χ0n) is 20.2. The van der Waals surface area contributed by atoms with Crippen molar-refractivity contribution >= 4 is 45.8 Å². The van der Waals surface area contributed by atoms with Crippen LogP contribution in [-0.4, -0.2) is 61.8 Å². The van der Waals surface area contributed by atoms with Crippen LogP contribution in [0.1, 0.15) is 58.0 Å². The molecule has 2 aliphatic rings. The summed E-state index contributed by atoms with van der Waals surface area (Å²) in [5, 5.41) is 17.1. The molecular weight excluding hydrogens is 514 g/mol. The Morgan fingerprint density at radius 2 is 1.97 bits per heavy atom. The molecule has 9 nitrogen and oxygen atoms in total. The van der Waals surface area contributed by atoms with Crippen molar-refractivity contribution in [3.8, 4) is 10.6 Å². The molecule has 6 rings (SSSR count). The lowest BCUT2D eigenvalue weighted by atomic mass is 10.0. The number of aryl methyl sites for hydroxylation is 1. The third kappa shape index (κ3) is 4.76. The van der Waals surface area contributed by atoms with E-state index in [9.17, 15) is 14.7 Å². The van der Waals surface area contributed by atoms with Gasteiger partial charge in [-0.05, 0) is 56.4 Å². The van der Waals surface area contributed by atoms with Crippen molar-refractivity contribution < 1.29 is 19.2 Å². The van der Waals surface area contributed by atoms with Gasteiger partial charge in [0.05, 0.1) is 26.8 Å². The van der Waals surface area contributed by atoms with Crippen molar-refractivity contribution in [2.24, 2.45) is 0 Å². The second-order valence-electron chi connectivity index (χ2n) is 9.75. The van der Waals surface area contributed by atoms with Crippen LogP contribution in [0.3, 0.4) is 0 Å². The lowest BCUT2D eigenvalue weighted by molar-refractivity contribution is 0.0698. The molecule has 1 saturated heterocycles. The lowest BCUT2D eigenvalue weighted by Crippen LogP contribution is -2.45. The minimum Gasteiger partial charge on any atom is -0.478 e. The van der Waals surface area contributed by atoms with E-state index in [1.165, 1.54) is 30.2 Å². The van der Waals surface area contributed by atoms with E-state index in [-0.39, 0.29) is 35.4 Å². The molecule has 2 N–H and O–H groups in total. The summed E-state index contributed by atoms with van der Waals surface area (Å²) in [7, 11) is 0. The molecule has 1 saturated carbocycles. The van der Waals surface area contributed by atoms with Crippen LogP contribution in [0.2, 0.25) is 4.34 Å². The van der Waals surface area contributed by atoms with Gasteiger partial charge in [-0.2, -0.15) is 0 Å². The molecule has 4 heterocycles. The van der Waals surface area contributed by atoms with Gasteiger partial charge in [-0.1, -0.05) is 22.8 Å². The third-order valence-electron chi connectivity index (χ3n) is 7.16. The van der Waals surface area contributed by atoms with E-state index in [1.54, 1.807) is 22.8 Å². The highest BCUT2D eigenvalue weighted by molar-refractivity contribution is 7.19. The van der Waals surface area contributed by atoms with E-state index in [0.717, 1.165) is 42.4 Å². The summed E-state index contributed by atoms with van der Waals surface area (Å²) in [6.07, 6.45) is 4.32. The average Bonchev–Trinajstić information content (AvgIpc) is 3.27. The van der Waals surface area contributed by atoms with Gasteiger partial charge in [-0.3, -0.25) is 4.79 Å². The maximum absolute atomic E-state index is 13.5. The number of hydrogen-bond donors (Lipinski definition) is 2. The number of imidazole rings is 1. The number of nitrogens with zero attached hydrogens (tertiary/aromatic N) is 4. The number of benzene rings is 1. The van der Waals surface area contributed by atoms with Crippen LogP contribution in [-0.2, 0) is 6.54 Å². The van der Waals surface area contributed by atoms with E-state index < -0.39 is 5.97 Å². The van der Waals surface area contributed by atoms with Gasteiger partial charge in [0.1, 0.15) is 11.2 Å². The molecule has 1 aliphatic carbocycles. The van der Waals surface area contributed by atoms with E-state index >= 15 is 0 Å². The van der Waals surface area contributed by atoms with Gasteiger partial charge in [0, 0.05) is 31.2 Å². The number of aromatic carboxylic acids is 1. The van der Waals surface area contributed by atoms with Gasteiger partial charge in [0.15, 0.2) is 11.6 Å². The summed E-state index contributed by atoms with van der Waals surface area (Å²) in [6, 6.07) is 9.51. The highest BCUT2D eigenvalue weighted by Gasteiger charge is 2.33. The number of amides is 1. The number of carbonyl (C=O) groups is 2. The van der Waals surface area contributed by atoms with Crippen molar-refractivity contribution in [2.75, 3.05) is 13.1 Å². The first kappa shape index (κ1) is 24.1. The normalized spacial score (nSPS) is 16.9. The summed E-state index contributed by atoms with van der Waals surface area (Å²) >= 11 is 7.47. The van der Waals surface area contributed by atoms with Gasteiger partial charge in [-0.15, -0.1) is 11.3 Å². The third-order valence-corrected chi connectivity index (χ3v) is 8.41. The van der Waals surface area contributed by atoms with Gasteiger partial charge in [0.2, 0.25) is 0 Å². The second kappa shape index (κ2) is 9.59. The van der Waals surface area contributed by atoms with E-state index in [4.69, 9.17) is 16.1 Å². The van der Waals surface area contributed by atoms with Crippen LogP contribution in [0.25, 0.3) is 21.6 Å². The monoisotopic (exact) mass is 539 g/mol. The van der Waals surface area contributed by atoms with Crippen LogP contribution < -0.4 is 5.32 Å². The maximum atomic E-state index is 13.5. The van der Waals surface area contributed by atoms with E-state index in [0.29, 0.717) is 21.3 Å². The van der Waals surface area contributed by atoms with Gasteiger partial charge >= 0.3 is 5.97 Å². The van der Waals surface area contributed by atoms with Crippen LogP contribution in [0.15, 0.2) is 34.9 Å². The number of hydrogen-bond acceptors (Lipinski definition) is 7. The fraction of sp³-hybridized carbons (Fsp3) is 0.385. The number of fused-ring (bicyclic) bond motifs is 1. The predicted octanol–water partition coefficient (Wildman–Crippen LogP) is 4.82. The summed E-state index contributed by atoms with van der Waals surface area (Å²) < 4.78 is 7.99. The molecule has 0 radical (unpaired) electrons. The highest BCUT2D eigenvalue weighted by Crippen LogP contribution is 2.32. The zero-order valence-corrected chi connectivity index (χ0v) is 21.8. The number of nitrogens with one attached hydrogen (secondary N) is 1. The Hall–Kier alpha value is -3.21. The predicted molar refractivity (Wildman–Crippen MR) is 140 cm³/mol. The minimum atomic E-state index is -1.09. The molecule has 4 aromatic rings. The topological polar surface area (TPSA) is 113 Å². The molecule has 2 fully saturated rings. The maximum Gasteiger partial charge on any atom is 0.337 e.